The fourth-order valence-corrected chi connectivity index (χ4v) is 2.11. The topological polar surface area (TPSA) is 63.2 Å². The number of aromatic nitrogens is 1. The Morgan fingerprint density at radius 2 is 1.71 bits per heavy atom. The fraction of sp³-hybridized carbons (Fsp3) is 0.250. The van der Waals surface area contributed by atoms with Crippen LogP contribution in [0.25, 0.3) is 0 Å². The summed E-state index contributed by atoms with van der Waals surface area (Å²) in [5.41, 5.74) is -0.107. The molecule has 0 fully saturated rings. The van der Waals surface area contributed by atoms with Crippen molar-refractivity contribution in [3.05, 3.63) is 59.3 Å². The summed E-state index contributed by atoms with van der Waals surface area (Å²) in [5, 5.41) is 4.96. The number of ether oxygens (including phenoxy) is 1. The van der Waals surface area contributed by atoms with Crippen LogP contribution < -0.4 is 15.4 Å². The molecular formula is C16H16F3N3O2. The Kier molecular flexibility index (Phi) is 5.62. The smallest absolute Gasteiger partial charge is 0.416 e. The third-order valence-corrected chi connectivity index (χ3v) is 3.24. The van der Waals surface area contributed by atoms with Crippen LogP contribution in [0.3, 0.4) is 0 Å². The first-order valence-corrected chi connectivity index (χ1v) is 7.06. The van der Waals surface area contributed by atoms with Crippen LogP contribution in [0.15, 0.2) is 42.6 Å². The molecule has 0 saturated heterocycles. The number of amides is 2. The van der Waals surface area contributed by atoms with Crippen LogP contribution in [-0.2, 0) is 19.3 Å². The van der Waals surface area contributed by atoms with Crippen LogP contribution in [0.1, 0.15) is 16.7 Å². The number of nitrogens with zero attached hydrogens (tertiary/aromatic N) is 1. The molecule has 0 radical (unpaired) electrons. The second-order valence-electron chi connectivity index (χ2n) is 4.86. The van der Waals surface area contributed by atoms with Crippen LogP contribution in [0.5, 0.6) is 5.88 Å². The Morgan fingerprint density at radius 3 is 2.38 bits per heavy atom. The molecule has 0 bridgehead atoms. The molecule has 0 aliphatic heterocycles. The van der Waals surface area contributed by atoms with Crippen molar-refractivity contribution in [2.24, 2.45) is 0 Å². The number of halogens is 3. The SMILES string of the molecule is COc1ncccc1CNC(=O)NCc1ccccc1C(F)(F)F. The van der Waals surface area contributed by atoms with Gasteiger partial charge in [-0.3, -0.25) is 0 Å². The number of alkyl halides is 3. The van der Waals surface area contributed by atoms with Gasteiger partial charge in [-0.2, -0.15) is 13.2 Å². The van der Waals surface area contributed by atoms with Crippen LogP contribution >= 0.6 is 0 Å². The quantitative estimate of drug-likeness (QED) is 0.880. The summed E-state index contributed by atoms with van der Waals surface area (Å²) in [4.78, 5) is 15.8. The summed E-state index contributed by atoms with van der Waals surface area (Å²) in [6, 6.07) is 7.94. The zero-order chi connectivity index (χ0) is 17.6. The first kappa shape index (κ1) is 17.6. The highest BCUT2D eigenvalue weighted by Gasteiger charge is 2.32. The largest absolute Gasteiger partial charge is 0.481 e. The second kappa shape index (κ2) is 7.67. The minimum atomic E-state index is -4.46. The normalized spacial score (nSPS) is 11.0. The highest BCUT2D eigenvalue weighted by molar-refractivity contribution is 5.73. The molecule has 1 heterocycles. The minimum Gasteiger partial charge on any atom is -0.481 e. The average molecular weight is 339 g/mol. The summed E-state index contributed by atoms with van der Waals surface area (Å²) >= 11 is 0. The van der Waals surface area contributed by atoms with E-state index in [1.807, 2.05) is 0 Å². The molecular weight excluding hydrogens is 323 g/mol. The van der Waals surface area contributed by atoms with Crippen molar-refractivity contribution < 1.29 is 22.7 Å². The van der Waals surface area contributed by atoms with E-state index in [-0.39, 0.29) is 18.7 Å². The fourth-order valence-electron chi connectivity index (χ4n) is 2.11. The third kappa shape index (κ3) is 4.61. The van der Waals surface area contributed by atoms with E-state index >= 15 is 0 Å². The molecule has 8 heteroatoms. The van der Waals surface area contributed by atoms with Gasteiger partial charge in [0.05, 0.1) is 12.7 Å². The van der Waals surface area contributed by atoms with Gasteiger partial charge in [0.25, 0.3) is 0 Å². The lowest BCUT2D eigenvalue weighted by Gasteiger charge is -2.14. The minimum absolute atomic E-state index is 0.000826. The molecule has 128 valence electrons. The summed E-state index contributed by atoms with van der Waals surface area (Å²) in [5.74, 6) is 0.375. The van der Waals surface area contributed by atoms with Gasteiger partial charge in [-0.15, -0.1) is 0 Å². The van der Waals surface area contributed by atoms with E-state index < -0.39 is 17.8 Å². The standard InChI is InChI=1S/C16H16F3N3O2/c1-24-14-12(6-4-8-20-14)10-22-15(23)21-9-11-5-2-3-7-13(11)16(17,18)19/h2-8H,9-10H2,1H3,(H2,21,22,23). The van der Waals surface area contributed by atoms with Crippen molar-refractivity contribution in [3.63, 3.8) is 0 Å². The molecule has 0 aliphatic rings. The summed E-state index contributed by atoms with van der Waals surface area (Å²) in [6.07, 6.45) is -2.91. The molecule has 0 saturated carbocycles. The van der Waals surface area contributed by atoms with E-state index in [0.717, 1.165) is 6.07 Å². The molecule has 5 nitrogen and oxygen atoms in total. The van der Waals surface area contributed by atoms with Crippen molar-refractivity contribution in [1.29, 1.82) is 0 Å². The van der Waals surface area contributed by atoms with Gasteiger partial charge in [0.1, 0.15) is 0 Å². The van der Waals surface area contributed by atoms with Crippen LogP contribution in [0, 0.1) is 0 Å². The Hall–Kier alpha value is -2.77. The van der Waals surface area contributed by atoms with Gasteiger partial charge in [0.2, 0.25) is 5.88 Å². The number of urea groups is 1. The van der Waals surface area contributed by atoms with Gasteiger partial charge < -0.3 is 15.4 Å². The molecule has 2 rings (SSSR count). The lowest BCUT2D eigenvalue weighted by atomic mass is 10.1. The molecule has 0 unspecified atom stereocenters. The van der Waals surface area contributed by atoms with Gasteiger partial charge in [0, 0.05) is 24.8 Å². The summed E-state index contributed by atoms with van der Waals surface area (Å²) < 4.78 is 43.7. The lowest BCUT2D eigenvalue weighted by molar-refractivity contribution is -0.138. The van der Waals surface area contributed by atoms with Crippen molar-refractivity contribution in [3.8, 4) is 5.88 Å². The number of pyridine rings is 1. The average Bonchev–Trinajstić information content (AvgIpc) is 2.57. The predicted molar refractivity (Wildman–Crippen MR) is 81.3 cm³/mol. The van der Waals surface area contributed by atoms with E-state index in [2.05, 4.69) is 15.6 Å². The number of rotatable bonds is 5. The van der Waals surface area contributed by atoms with E-state index in [4.69, 9.17) is 4.74 Å². The number of nitrogens with one attached hydrogen (secondary N) is 2. The maximum atomic E-state index is 12.9. The first-order chi connectivity index (χ1) is 11.4. The molecule has 2 N–H and O–H groups in total. The van der Waals surface area contributed by atoms with E-state index in [0.29, 0.717) is 11.4 Å². The molecule has 0 atom stereocenters. The number of hydrogen-bond donors (Lipinski definition) is 2. The van der Waals surface area contributed by atoms with E-state index in [1.165, 1.54) is 25.3 Å². The van der Waals surface area contributed by atoms with Crippen molar-refractivity contribution in [2.45, 2.75) is 19.3 Å². The Bertz CT molecular complexity index is 705. The van der Waals surface area contributed by atoms with Crippen molar-refractivity contribution in [1.82, 2.24) is 15.6 Å². The predicted octanol–water partition coefficient (Wildman–Crippen LogP) is 3.11. The van der Waals surface area contributed by atoms with E-state index in [9.17, 15) is 18.0 Å². The highest BCUT2D eigenvalue weighted by atomic mass is 19.4. The maximum absolute atomic E-state index is 12.9. The zero-order valence-electron chi connectivity index (χ0n) is 12.9. The van der Waals surface area contributed by atoms with Gasteiger partial charge in [-0.1, -0.05) is 24.3 Å². The van der Waals surface area contributed by atoms with Gasteiger partial charge in [-0.05, 0) is 17.7 Å². The van der Waals surface area contributed by atoms with Crippen LogP contribution in [0.2, 0.25) is 0 Å². The Morgan fingerprint density at radius 1 is 1.08 bits per heavy atom. The summed E-state index contributed by atoms with van der Waals surface area (Å²) in [7, 11) is 1.46. The zero-order valence-corrected chi connectivity index (χ0v) is 12.9. The van der Waals surface area contributed by atoms with Crippen LogP contribution in [0.4, 0.5) is 18.0 Å². The number of hydrogen-bond acceptors (Lipinski definition) is 3. The maximum Gasteiger partial charge on any atom is 0.416 e. The number of methoxy groups -OCH3 is 1. The second-order valence-corrected chi connectivity index (χ2v) is 4.86. The lowest BCUT2D eigenvalue weighted by Crippen LogP contribution is -2.35. The molecule has 24 heavy (non-hydrogen) atoms. The Balaban J connectivity index is 1.93. The number of carbonyl (C=O) groups is 1. The first-order valence-electron chi connectivity index (χ1n) is 7.06. The van der Waals surface area contributed by atoms with Crippen LogP contribution in [-0.4, -0.2) is 18.1 Å². The van der Waals surface area contributed by atoms with Gasteiger partial charge in [-0.25, -0.2) is 9.78 Å². The molecule has 2 aromatic rings. The number of benzene rings is 1. The molecule has 0 aliphatic carbocycles. The summed E-state index contributed by atoms with van der Waals surface area (Å²) in [6.45, 7) is -0.0878. The van der Waals surface area contributed by atoms with E-state index in [1.54, 1.807) is 18.3 Å². The third-order valence-electron chi connectivity index (χ3n) is 3.24. The molecule has 1 aromatic heterocycles. The molecule has 2 amide bonds. The monoisotopic (exact) mass is 339 g/mol. The molecule has 0 spiro atoms. The van der Waals surface area contributed by atoms with Gasteiger partial charge >= 0.3 is 12.2 Å². The van der Waals surface area contributed by atoms with Gasteiger partial charge in [0.15, 0.2) is 0 Å². The molecule has 1 aromatic carbocycles. The highest BCUT2D eigenvalue weighted by Crippen LogP contribution is 2.31. The van der Waals surface area contributed by atoms with Crippen molar-refractivity contribution in [2.75, 3.05) is 7.11 Å². The number of carbonyl (C=O) groups excluding carboxylic acids is 1. The van der Waals surface area contributed by atoms with Crippen molar-refractivity contribution >= 4 is 6.03 Å². The Labute approximate surface area is 136 Å².